The van der Waals surface area contributed by atoms with E-state index in [0.29, 0.717) is 19.7 Å². The number of rotatable bonds is 3. The smallest absolute Gasteiger partial charge is 0.410 e. The third kappa shape index (κ3) is 2.52. The van der Waals surface area contributed by atoms with Crippen LogP contribution in [0, 0.1) is 5.82 Å². The number of hydrogen-bond donors (Lipinski definition) is 1. The molecule has 4 nitrogen and oxygen atoms in total. The number of halogens is 1. The van der Waals surface area contributed by atoms with Gasteiger partial charge in [0.2, 0.25) is 0 Å². The number of hydrogen-bond acceptors (Lipinski definition) is 3. The van der Waals surface area contributed by atoms with Crippen LogP contribution in [0.15, 0.2) is 18.2 Å². The van der Waals surface area contributed by atoms with Crippen LogP contribution in [0.5, 0.6) is 0 Å². The molecular weight excluding hydrogens is 243 g/mol. The maximum Gasteiger partial charge on any atom is 0.410 e. The lowest BCUT2D eigenvalue weighted by atomic mass is 10.1. The van der Waals surface area contributed by atoms with Crippen molar-refractivity contribution in [2.45, 2.75) is 6.54 Å². The van der Waals surface area contributed by atoms with E-state index in [1.165, 1.54) is 11.0 Å². The van der Waals surface area contributed by atoms with Crippen LogP contribution in [0.2, 0.25) is 0 Å². The van der Waals surface area contributed by atoms with Gasteiger partial charge in [-0.15, -0.1) is 0 Å². The number of amides is 1. The normalized spacial score (nSPS) is 14.9. The molecule has 1 heterocycles. The molecule has 0 atom stereocenters. The van der Waals surface area contributed by atoms with Gasteiger partial charge in [0, 0.05) is 12.1 Å². The first-order valence-electron chi connectivity index (χ1n) is 5.08. The van der Waals surface area contributed by atoms with Gasteiger partial charge in [0.05, 0.1) is 6.54 Å². The highest BCUT2D eigenvalue weighted by Crippen LogP contribution is 2.14. The van der Waals surface area contributed by atoms with E-state index in [1.54, 1.807) is 12.1 Å². The summed E-state index contributed by atoms with van der Waals surface area (Å²) >= 11 is 4.75. The lowest BCUT2D eigenvalue weighted by Gasteiger charge is -2.13. The quantitative estimate of drug-likeness (QED) is 0.829. The maximum atomic E-state index is 13.3. The SMILES string of the molecule is NC(=S)c1cc(CN2CCOC2=O)ccc1F. The molecule has 0 radical (unpaired) electrons. The summed E-state index contributed by atoms with van der Waals surface area (Å²) in [6.07, 6.45) is -0.355. The molecule has 17 heavy (non-hydrogen) atoms. The van der Waals surface area contributed by atoms with Crippen molar-refractivity contribution in [3.05, 3.63) is 35.1 Å². The molecule has 1 saturated heterocycles. The Morgan fingerprint density at radius 2 is 2.35 bits per heavy atom. The van der Waals surface area contributed by atoms with Gasteiger partial charge in [-0.05, 0) is 17.7 Å². The van der Waals surface area contributed by atoms with Crippen LogP contribution >= 0.6 is 12.2 Å². The fourth-order valence-corrected chi connectivity index (χ4v) is 1.81. The van der Waals surface area contributed by atoms with E-state index >= 15 is 0 Å². The molecule has 1 aliphatic rings. The predicted molar refractivity (Wildman–Crippen MR) is 64.0 cm³/mol. The van der Waals surface area contributed by atoms with E-state index in [-0.39, 0.29) is 16.6 Å². The summed E-state index contributed by atoms with van der Waals surface area (Å²) in [4.78, 5) is 12.8. The number of nitrogens with zero attached hydrogens (tertiary/aromatic N) is 1. The number of carbonyl (C=O) groups is 1. The molecule has 1 aromatic rings. The van der Waals surface area contributed by atoms with E-state index in [4.69, 9.17) is 22.7 Å². The molecule has 0 bridgehead atoms. The number of thiocarbonyl (C=S) groups is 1. The number of benzene rings is 1. The van der Waals surface area contributed by atoms with Gasteiger partial charge in [0.1, 0.15) is 17.4 Å². The topological polar surface area (TPSA) is 55.6 Å². The Labute approximate surface area is 103 Å². The molecule has 0 spiro atoms. The summed E-state index contributed by atoms with van der Waals surface area (Å²) in [5.74, 6) is -0.453. The van der Waals surface area contributed by atoms with E-state index in [0.717, 1.165) is 5.56 Å². The zero-order valence-electron chi connectivity index (χ0n) is 8.98. The minimum atomic E-state index is -0.453. The van der Waals surface area contributed by atoms with Crippen molar-refractivity contribution in [3.63, 3.8) is 0 Å². The largest absolute Gasteiger partial charge is 0.448 e. The molecular formula is C11H11FN2O2S. The van der Waals surface area contributed by atoms with Crippen molar-refractivity contribution in [1.82, 2.24) is 4.90 Å². The molecule has 0 unspecified atom stereocenters. The van der Waals surface area contributed by atoms with Crippen molar-refractivity contribution in [1.29, 1.82) is 0 Å². The second kappa shape index (κ2) is 4.67. The van der Waals surface area contributed by atoms with Gasteiger partial charge in [-0.2, -0.15) is 0 Å². The Hall–Kier alpha value is -1.69. The third-order valence-corrected chi connectivity index (χ3v) is 2.73. The summed E-state index contributed by atoms with van der Waals surface area (Å²) in [5.41, 5.74) is 6.38. The monoisotopic (exact) mass is 254 g/mol. The molecule has 1 aliphatic heterocycles. The average Bonchev–Trinajstić information content (AvgIpc) is 2.67. The van der Waals surface area contributed by atoms with Crippen LogP contribution in [0.1, 0.15) is 11.1 Å². The number of cyclic esters (lactones) is 1. The minimum absolute atomic E-state index is 0.00773. The molecule has 0 aromatic heterocycles. The fraction of sp³-hybridized carbons (Fsp3) is 0.273. The minimum Gasteiger partial charge on any atom is -0.448 e. The van der Waals surface area contributed by atoms with Crippen LogP contribution < -0.4 is 5.73 Å². The summed E-state index contributed by atoms with van der Waals surface area (Å²) < 4.78 is 18.1. The zero-order valence-corrected chi connectivity index (χ0v) is 9.80. The predicted octanol–water partition coefficient (Wildman–Crippen LogP) is 1.41. The Morgan fingerprint density at radius 1 is 1.59 bits per heavy atom. The second-order valence-electron chi connectivity index (χ2n) is 3.71. The number of nitrogens with two attached hydrogens (primary N) is 1. The van der Waals surface area contributed by atoms with Crippen molar-refractivity contribution in [2.75, 3.05) is 13.2 Å². The molecule has 1 aromatic carbocycles. The standard InChI is InChI=1S/C11H11FN2O2S/c12-9-2-1-7(5-8(9)10(13)17)6-14-3-4-16-11(14)15/h1-2,5H,3-4,6H2,(H2,13,17). The van der Waals surface area contributed by atoms with E-state index < -0.39 is 5.82 Å². The van der Waals surface area contributed by atoms with E-state index in [2.05, 4.69) is 0 Å². The van der Waals surface area contributed by atoms with Crippen molar-refractivity contribution < 1.29 is 13.9 Å². The summed E-state index contributed by atoms with van der Waals surface area (Å²) in [7, 11) is 0. The Morgan fingerprint density at radius 3 is 2.94 bits per heavy atom. The van der Waals surface area contributed by atoms with Gasteiger partial charge in [0.15, 0.2) is 0 Å². The van der Waals surface area contributed by atoms with Crippen LogP contribution in [-0.2, 0) is 11.3 Å². The van der Waals surface area contributed by atoms with Crippen LogP contribution in [0.4, 0.5) is 9.18 Å². The van der Waals surface area contributed by atoms with E-state index in [9.17, 15) is 9.18 Å². The van der Waals surface area contributed by atoms with Gasteiger partial charge < -0.3 is 15.4 Å². The third-order valence-electron chi connectivity index (χ3n) is 2.51. The van der Waals surface area contributed by atoms with Crippen molar-refractivity contribution >= 4 is 23.3 Å². The molecule has 1 fully saturated rings. The lowest BCUT2D eigenvalue weighted by molar-refractivity contribution is 0.157. The molecule has 1 amide bonds. The van der Waals surface area contributed by atoms with Gasteiger partial charge in [0.25, 0.3) is 0 Å². The molecule has 0 saturated carbocycles. The summed E-state index contributed by atoms with van der Waals surface area (Å²) in [6, 6.07) is 4.46. The van der Waals surface area contributed by atoms with Crippen LogP contribution in [0.3, 0.4) is 0 Å². The van der Waals surface area contributed by atoms with Crippen molar-refractivity contribution in [2.24, 2.45) is 5.73 Å². The average molecular weight is 254 g/mol. The van der Waals surface area contributed by atoms with Crippen LogP contribution in [0.25, 0.3) is 0 Å². The van der Waals surface area contributed by atoms with Gasteiger partial charge >= 0.3 is 6.09 Å². The number of ether oxygens (including phenoxy) is 1. The first kappa shape index (κ1) is 11.8. The van der Waals surface area contributed by atoms with E-state index in [1.807, 2.05) is 0 Å². The molecule has 6 heteroatoms. The highest BCUT2D eigenvalue weighted by atomic mass is 32.1. The van der Waals surface area contributed by atoms with Gasteiger partial charge in [-0.25, -0.2) is 9.18 Å². The highest BCUT2D eigenvalue weighted by Gasteiger charge is 2.22. The molecule has 0 aliphatic carbocycles. The molecule has 90 valence electrons. The number of carbonyl (C=O) groups excluding carboxylic acids is 1. The van der Waals surface area contributed by atoms with Crippen molar-refractivity contribution in [3.8, 4) is 0 Å². The Balaban J connectivity index is 2.19. The van der Waals surface area contributed by atoms with Gasteiger partial charge in [-0.3, -0.25) is 0 Å². The summed E-state index contributed by atoms with van der Waals surface area (Å²) in [6.45, 7) is 1.30. The fourth-order valence-electron chi connectivity index (χ4n) is 1.65. The highest BCUT2D eigenvalue weighted by molar-refractivity contribution is 7.80. The first-order valence-corrected chi connectivity index (χ1v) is 5.48. The maximum absolute atomic E-state index is 13.3. The summed E-state index contributed by atoms with van der Waals surface area (Å²) in [5, 5.41) is 0. The Bertz CT molecular complexity index is 479. The van der Waals surface area contributed by atoms with Crippen LogP contribution in [-0.4, -0.2) is 29.1 Å². The zero-order chi connectivity index (χ0) is 12.4. The lowest BCUT2D eigenvalue weighted by Crippen LogP contribution is -2.24. The Kier molecular flexibility index (Phi) is 3.23. The first-order chi connectivity index (χ1) is 8.08. The molecule has 2 rings (SSSR count). The second-order valence-corrected chi connectivity index (χ2v) is 4.15. The van der Waals surface area contributed by atoms with Gasteiger partial charge in [-0.1, -0.05) is 18.3 Å². The molecule has 2 N–H and O–H groups in total.